The van der Waals surface area contributed by atoms with Crippen molar-refractivity contribution in [2.24, 2.45) is 5.92 Å². The topological polar surface area (TPSA) is 102 Å². The van der Waals surface area contributed by atoms with E-state index >= 15 is 0 Å². The van der Waals surface area contributed by atoms with Gasteiger partial charge in [0.25, 0.3) is 0 Å². The summed E-state index contributed by atoms with van der Waals surface area (Å²) in [7, 11) is -2.13. The van der Waals surface area contributed by atoms with E-state index in [-0.39, 0.29) is 0 Å². The number of piperidine rings is 1. The van der Waals surface area contributed by atoms with Crippen LogP contribution in [0, 0.1) is 5.92 Å². The molecule has 0 spiro atoms. The fraction of sp³-hybridized carbons (Fsp3) is 0.560. The van der Waals surface area contributed by atoms with Gasteiger partial charge in [-0.3, -0.25) is 14.5 Å². The average Bonchev–Trinajstić information content (AvgIpc) is 3.01. The Morgan fingerprint density at radius 1 is 1.06 bits per heavy atom. The number of ether oxygens (including phenoxy) is 3. The zero-order valence-corrected chi connectivity index (χ0v) is 21.9. The maximum atomic E-state index is 13.3. The van der Waals surface area contributed by atoms with Gasteiger partial charge in [-0.25, -0.2) is 4.79 Å². The highest BCUT2D eigenvalue weighted by molar-refractivity contribution is 6.89. The van der Waals surface area contributed by atoms with Gasteiger partial charge in [-0.2, -0.15) is 0 Å². The van der Waals surface area contributed by atoms with Crippen LogP contribution in [0.2, 0.25) is 19.1 Å². The number of amides is 1. The highest BCUT2D eigenvalue weighted by Crippen LogP contribution is 2.47. The van der Waals surface area contributed by atoms with E-state index in [0.29, 0.717) is 6.04 Å². The van der Waals surface area contributed by atoms with Gasteiger partial charge in [0.2, 0.25) is 5.72 Å². The van der Waals surface area contributed by atoms with Crippen LogP contribution in [0.15, 0.2) is 42.5 Å². The summed E-state index contributed by atoms with van der Waals surface area (Å²) in [5.41, 5.74) is -2.81. The Hall–Kier alpha value is -2.65. The molecule has 34 heavy (non-hydrogen) atoms. The van der Waals surface area contributed by atoms with E-state index in [1.807, 2.05) is 18.2 Å². The summed E-state index contributed by atoms with van der Waals surface area (Å²) in [6.45, 7) is 12.1. The number of aliphatic hydroxyl groups is 1. The molecule has 5 atom stereocenters. The van der Waals surface area contributed by atoms with Crippen LogP contribution < -0.4 is 5.19 Å². The van der Waals surface area contributed by atoms with Crippen LogP contribution in [-0.2, 0) is 23.8 Å². The molecule has 3 rings (SSSR count). The average molecular weight is 490 g/mol. The van der Waals surface area contributed by atoms with Crippen LogP contribution in [-0.4, -0.2) is 65.7 Å². The molecule has 1 fully saturated rings. The number of hydrogen-bond acceptors (Lipinski definition) is 7. The quantitative estimate of drug-likeness (QED) is 0.294. The highest BCUT2D eigenvalue weighted by Gasteiger charge is 2.64. The minimum Gasteiger partial charge on any atom is -0.458 e. The van der Waals surface area contributed by atoms with Crippen molar-refractivity contribution < 1.29 is 33.7 Å². The first kappa shape index (κ1) is 26.0. The Bertz CT molecular complexity index is 971. The molecule has 2 aliphatic heterocycles. The van der Waals surface area contributed by atoms with Gasteiger partial charge >= 0.3 is 18.0 Å². The first-order chi connectivity index (χ1) is 15.7. The van der Waals surface area contributed by atoms with Crippen LogP contribution in [0.5, 0.6) is 0 Å². The molecule has 1 saturated heterocycles. The smallest absolute Gasteiger partial charge is 0.413 e. The second kappa shape index (κ2) is 9.18. The van der Waals surface area contributed by atoms with Crippen LogP contribution in [0.3, 0.4) is 0 Å². The van der Waals surface area contributed by atoms with Gasteiger partial charge in [-0.15, -0.1) is 0 Å². The maximum Gasteiger partial charge on any atom is 0.413 e. The summed E-state index contributed by atoms with van der Waals surface area (Å²) in [5, 5.41) is 12.9. The van der Waals surface area contributed by atoms with Gasteiger partial charge in [0.15, 0.2) is 6.10 Å². The number of carbonyl (C=O) groups excluding carboxylic acids is 3. The van der Waals surface area contributed by atoms with Gasteiger partial charge in [0.1, 0.15) is 11.7 Å². The van der Waals surface area contributed by atoms with E-state index in [1.165, 1.54) is 30.0 Å². The molecule has 9 heteroatoms. The molecule has 1 N–H and O–H groups in total. The molecule has 186 valence electrons. The standard InChI is InChI=1S/C25H35NO7Si/c1-16(27)31-21-19(15-34(6,7)18-11-9-8-10-12-18)20-13-14-25(30,22(21)32-17(2)28)26(20)23(29)33-24(3,4)5/h8-14,19-22,30H,15H2,1-7H3/t19-,20-,21+,22+,25+/m1/s1. The van der Waals surface area contributed by atoms with E-state index in [9.17, 15) is 19.5 Å². The third-order valence-corrected chi connectivity index (χ3v) is 9.68. The highest BCUT2D eigenvalue weighted by atomic mass is 28.3. The Morgan fingerprint density at radius 2 is 1.65 bits per heavy atom. The molecule has 8 nitrogen and oxygen atoms in total. The number of benzene rings is 1. The summed E-state index contributed by atoms with van der Waals surface area (Å²) in [6, 6.07) is 10.1. The molecule has 0 aliphatic carbocycles. The summed E-state index contributed by atoms with van der Waals surface area (Å²) < 4.78 is 16.9. The Labute approximate surface area is 201 Å². The second-order valence-corrected chi connectivity index (χ2v) is 15.5. The molecule has 2 aliphatic rings. The molecule has 0 aromatic heterocycles. The van der Waals surface area contributed by atoms with Crippen molar-refractivity contribution in [2.75, 3.05) is 0 Å². The Kier molecular flexibility index (Phi) is 7.01. The molecule has 0 saturated carbocycles. The number of nitrogens with zero attached hydrogens (tertiary/aromatic N) is 1. The van der Waals surface area contributed by atoms with Gasteiger partial charge in [-0.05, 0) is 32.9 Å². The minimum absolute atomic E-state index is 0.429. The largest absolute Gasteiger partial charge is 0.458 e. The number of fused-ring (bicyclic) bond motifs is 2. The molecule has 1 aromatic rings. The van der Waals surface area contributed by atoms with Crippen LogP contribution in [0.25, 0.3) is 0 Å². The number of rotatable bonds is 5. The Balaban J connectivity index is 2.10. The van der Waals surface area contributed by atoms with Crippen molar-refractivity contribution in [1.82, 2.24) is 4.90 Å². The summed E-state index contributed by atoms with van der Waals surface area (Å²) >= 11 is 0. The lowest BCUT2D eigenvalue weighted by Gasteiger charge is -2.52. The van der Waals surface area contributed by atoms with Crippen LogP contribution in [0.1, 0.15) is 34.6 Å². The molecule has 2 bridgehead atoms. The normalized spacial score (nSPS) is 28.4. The molecule has 0 unspecified atom stereocenters. The predicted molar refractivity (Wildman–Crippen MR) is 129 cm³/mol. The van der Waals surface area contributed by atoms with E-state index in [0.717, 1.165) is 0 Å². The van der Waals surface area contributed by atoms with Crippen molar-refractivity contribution in [3.05, 3.63) is 42.5 Å². The third-order valence-electron chi connectivity index (χ3n) is 6.29. The van der Waals surface area contributed by atoms with Crippen molar-refractivity contribution in [3.63, 3.8) is 0 Å². The van der Waals surface area contributed by atoms with Gasteiger partial charge in [0.05, 0.1) is 14.1 Å². The van der Waals surface area contributed by atoms with Gasteiger partial charge in [-0.1, -0.05) is 54.7 Å². The molecule has 0 radical (unpaired) electrons. The molecular formula is C25H35NO7Si. The van der Waals surface area contributed by atoms with E-state index in [1.54, 1.807) is 26.8 Å². The fourth-order valence-corrected chi connectivity index (χ4v) is 7.94. The van der Waals surface area contributed by atoms with Crippen molar-refractivity contribution in [1.29, 1.82) is 0 Å². The van der Waals surface area contributed by atoms with Crippen molar-refractivity contribution in [3.8, 4) is 0 Å². The maximum absolute atomic E-state index is 13.3. The lowest BCUT2D eigenvalue weighted by molar-refractivity contribution is -0.234. The van der Waals surface area contributed by atoms with Gasteiger partial charge < -0.3 is 19.3 Å². The summed E-state index contributed by atoms with van der Waals surface area (Å²) in [5.74, 6) is -1.64. The zero-order chi connectivity index (χ0) is 25.5. The summed E-state index contributed by atoms with van der Waals surface area (Å²) in [4.78, 5) is 38.7. The lowest BCUT2D eigenvalue weighted by Crippen LogP contribution is -2.71. The number of esters is 2. The van der Waals surface area contributed by atoms with Crippen LogP contribution >= 0.6 is 0 Å². The third kappa shape index (κ3) is 5.20. The van der Waals surface area contributed by atoms with E-state index in [2.05, 4.69) is 25.2 Å². The second-order valence-electron chi connectivity index (χ2n) is 10.7. The summed E-state index contributed by atoms with van der Waals surface area (Å²) in [6.07, 6.45) is 0.197. The fourth-order valence-electron chi connectivity index (χ4n) is 4.96. The van der Waals surface area contributed by atoms with Gasteiger partial charge in [0, 0.05) is 19.8 Å². The monoisotopic (exact) mass is 489 g/mol. The first-order valence-electron chi connectivity index (χ1n) is 11.5. The van der Waals surface area contributed by atoms with E-state index in [4.69, 9.17) is 14.2 Å². The van der Waals surface area contributed by atoms with E-state index < -0.39 is 61.6 Å². The van der Waals surface area contributed by atoms with Crippen molar-refractivity contribution in [2.45, 2.75) is 83.3 Å². The molecule has 1 amide bonds. The predicted octanol–water partition coefficient (Wildman–Crippen LogP) is 2.96. The Morgan fingerprint density at radius 3 is 2.18 bits per heavy atom. The minimum atomic E-state index is -2.13. The van der Waals surface area contributed by atoms with Crippen molar-refractivity contribution >= 4 is 31.3 Å². The number of carbonyl (C=O) groups is 3. The van der Waals surface area contributed by atoms with Crippen LogP contribution in [0.4, 0.5) is 4.79 Å². The SMILES string of the molecule is CC(=O)O[C@H]1[C@H](C[Si](C)(C)c2ccccc2)[C@H]2C=C[C@](O)([C@H]1OC(C)=O)N2C(=O)OC(C)(C)C. The zero-order valence-electron chi connectivity index (χ0n) is 20.9. The molecule has 2 heterocycles. The lowest BCUT2D eigenvalue weighted by atomic mass is 9.84. The first-order valence-corrected chi connectivity index (χ1v) is 14.7. The molecule has 1 aromatic carbocycles. The molecular weight excluding hydrogens is 454 g/mol. The number of hydrogen-bond donors (Lipinski definition) is 1.